The number of para-hydroxylation sites is 1. The van der Waals surface area contributed by atoms with Gasteiger partial charge in [0, 0.05) is 31.0 Å². The maximum atomic E-state index is 12.5. The monoisotopic (exact) mass is 463 g/mol. The number of amides is 2. The third-order valence-electron chi connectivity index (χ3n) is 4.54. The first kappa shape index (κ1) is 21.8. The SMILES string of the molecule is CN(C)C(=O)c1ccc(NC(=O)CSc2nnc(-c3cccs3)n2-c2ccccc2)cc1. The van der Waals surface area contributed by atoms with Crippen LogP contribution in [0.25, 0.3) is 16.4 Å². The van der Waals surface area contributed by atoms with Crippen molar-refractivity contribution in [2.75, 3.05) is 25.2 Å². The van der Waals surface area contributed by atoms with Crippen LogP contribution in [0, 0.1) is 0 Å². The third kappa shape index (κ3) is 4.90. The molecule has 0 spiro atoms. The molecule has 4 aromatic rings. The normalized spacial score (nSPS) is 10.7. The van der Waals surface area contributed by atoms with Gasteiger partial charge in [0.25, 0.3) is 5.91 Å². The number of rotatable bonds is 7. The molecule has 0 aliphatic rings. The average Bonchev–Trinajstić information content (AvgIpc) is 3.48. The molecule has 162 valence electrons. The van der Waals surface area contributed by atoms with Gasteiger partial charge < -0.3 is 10.2 Å². The lowest BCUT2D eigenvalue weighted by Gasteiger charge is -2.11. The van der Waals surface area contributed by atoms with Crippen molar-refractivity contribution in [1.29, 1.82) is 0 Å². The third-order valence-corrected chi connectivity index (χ3v) is 6.34. The highest BCUT2D eigenvalue weighted by atomic mass is 32.2. The summed E-state index contributed by atoms with van der Waals surface area (Å²) >= 11 is 2.91. The standard InChI is InChI=1S/C23H21N5O2S2/c1-27(2)22(30)16-10-12-17(13-11-16)24-20(29)15-32-23-26-25-21(19-9-6-14-31-19)28(23)18-7-4-3-5-8-18/h3-14H,15H2,1-2H3,(H,24,29). The summed E-state index contributed by atoms with van der Waals surface area (Å²) in [6.45, 7) is 0. The smallest absolute Gasteiger partial charge is 0.253 e. The summed E-state index contributed by atoms with van der Waals surface area (Å²) in [7, 11) is 3.40. The molecule has 0 saturated carbocycles. The van der Waals surface area contributed by atoms with Gasteiger partial charge in [-0.15, -0.1) is 21.5 Å². The van der Waals surface area contributed by atoms with E-state index in [2.05, 4.69) is 15.5 Å². The van der Waals surface area contributed by atoms with E-state index in [0.29, 0.717) is 16.4 Å². The first-order valence-corrected chi connectivity index (χ1v) is 11.7. The Morgan fingerprint density at radius 3 is 2.41 bits per heavy atom. The molecule has 7 nitrogen and oxygen atoms in total. The lowest BCUT2D eigenvalue weighted by atomic mass is 10.2. The van der Waals surface area contributed by atoms with E-state index in [1.54, 1.807) is 49.7 Å². The second kappa shape index (κ2) is 9.80. The molecule has 0 unspecified atom stereocenters. The number of nitrogens with one attached hydrogen (secondary N) is 1. The van der Waals surface area contributed by atoms with Crippen LogP contribution in [0.4, 0.5) is 5.69 Å². The van der Waals surface area contributed by atoms with Crippen LogP contribution >= 0.6 is 23.1 Å². The lowest BCUT2D eigenvalue weighted by molar-refractivity contribution is -0.113. The summed E-state index contributed by atoms with van der Waals surface area (Å²) < 4.78 is 1.96. The molecular formula is C23H21N5O2S2. The van der Waals surface area contributed by atoms with Crippen LogP contribution in [-0.2, 0) is 4.79 Å². The van der Waals surface area contributed by atoms with Crippen molar-refractivity contribution in [1.82, 2.24) is 19.7 Å². The molecule has 32 heavy (non-hydrogen) atoms. The van der Waals surface area contributed by atoms with E-state index in [9.17, 15) is 9.59 Å². The minimum Gasteiger partial charge on any atom is -0.345 e. The number of thioether (sulfide) groups is 1. The molecule has 1 N–H and O–H groups in total. The van der Waals surface area contributed by atoms with Gasteiger partial charge in [-0.25, -0.2) is 0 Å². The highest BCUT2D eigenvalue weighted by molar-refractivity contribution is 7.99. The molecule has 0 bridgehead atoms. The number of hydrogen-bond acceptors (Lipinski definition) is 6. The number of carbonyl (C=O) groups is 2. The van der Waals surface area contributed by atoms with Crippen molar-refractivity contribution < 1.29 is 9.59 Å². The van der Waals surface area contributed by atoms with Crippen molar-refractivity contribution >= 4 is 40.6 Å². The van der Waals surface area contributed by atoms with E-state index in [1.807, 2.05) is 52.4 Å². The summed E-state index contributed by atoms with van der Waals surface area (Å²) in [6, 6.07) is 20.7. The number of carbonyl (C=O) groups excluding carboxylic acids is 2. The molecular weight excluding hydrogens is 442 g/mol. The Balaban J connectivity index is 1.47. The van der Waals surface area contributed by atoms with Crippen LogP contribution in [0.3, 0.4) is 0 Å². The van der Waals surface area contributed by atoms with E-state index >= 15 is 0 Å². The summed E-state index contributed by atoms with van der Waals surface area (Å²) in [5.41, 5.74) is 2.14. The van der Waals surface area contributed by atoms with Gasteiger partial charge in [0.05, 0.1) is 10.6 Å². The predicted molar refractivity (Wildman–Crippen MR) is 128 cm³/mol. The summed E-state index contributed by atoms with van der Waals surface area (Å²) in [4.78, 5) is 27.0. The van der Waals surface area contributed by atoms with Crippen LogP contribution in [0.5, 0.6) is 0 Å². The molecule has 0 fully saturated rings. The second-order valence-electron chi connectivity index (χ2n) is 7.07. The number of nitrogens with zero attached hydrogens (tertiary/aromatic N) is 4. The molecule has 9 heteroatoms. The van der Waals surface area contributed by atoms with E-state index in [4.69, 9.17) is 0 Å². The zero-order valence-corrected chi connectivity index (χ0v) is 19.2. The Hall–Kier alpha value is -3.43. The Labute approximate surface area is 194 Å². The molecule has 0 aliphatic carbocycles. The van der Waals surface area contributed by atoms with Gasteiger partial charge in [0.1, 0.15) is 0 Å². The largest absolute Gasteiger partial charge is 0.345 e. The second-order valence-corrected chi connectivity index (χ2v) is 8.96. The van der Waals surface area contributed by atoms with Crippen LogP contribution < -0.4 is 5.32 Å². The maximum Gasteiger partial charge on any atom is 0.253 e. The molecule has 2 amide bonds. The zero-order valence-electron chi connectivity index (χ0n) is 17.6. The lowest BCUT2D eigenvalue weighted by Crippen LogP contribution is -2.21. The van der Waals surface area contributed by atoms with Gasteiger partial charge in [-0.2, -0.15) is 0 Å². The molecule has 0 atom stereocenters. The molecule has 2 aromatic heterocycles. The van der Waals surface area contributed by atoms with Gasteiger partial charge in [0.2, 0.25) is 5.91 Å². The van der Waals surface area contributed by atoms with Gasteiger partial charge in [-0.1, -0.05) is 36.0 Å². The van der Waals surface area contributed by atoms with Gasteiger partial charge in [0.15, 0.2) is 11.0 Å². The predicted octanol–water partition coefficient (Wildman–Crippen LogP) is 4.43. The fraction of sp³-hybridized carbons (Fsp3) is 0.130. The minimum atomic E-state index is -0.165. The van der Waals surface area contributed by atoms with Gasteiger partial charge in [-0.05, 0) is 47.8 Å². The van der Waals surface area contributed by atoms with Crippen molar-refractivity contribution in [2.45, 2.75) is 5.16 Å². The zero-order chi connectivity index (χ0) is 22.5. The summed E-state index contributed by atoms with van der Waals surface area (Å²) in [5.74, 6) is 0.672. The van der Waals surface area contributed by atoms with Crippen LogP contribution in [0.15, 0.2) is 77.3 Å². The number of benzene rings is 2. The van der Waals surface area contributed by atoms with Crippen LogP contribution in [0.1, 0.15) is 10.4 Å². The Kier molecular flexibility index (Phi) is 6.67. The molecule has 2 aromatic carbocycles. The van der Waals surface area contributed by atoms with Gasteiger partial charge in [-0.3, -0.25) is 14.2 Å². The Bertz CT molecular complexity index is 1200. The molecule has 4 rings (SSSR count). The Morgan fingerprint density at radius 1 is 1.00 bits per heavy atom. The highest BCUT2D eigenvalue weighted by Crippen LogP contribution is 2.30. The fourth-order valence-corrected chi connectivity index (χ4v) is 4.47. The average molecular weight is 464 g/mol. The Morgan fingerprint density at radius 2 is 1.75 bits per heavy atom. The van der Waals surface area contributed by atoms with Crippen molar-refractivity contribution in [2.24, 2.45) is 0 Å². The number of aromatic nitrogens is 3. The van der Waals surface area contributed by atoms with Crippen LogP contribution in [0.2, 0.25) is 0 Å². The number of hydrogen-bond donors (Lipinski definition) is 1. The van der Waals surface area contributed by atoms with E-state index in [0.717, 1.165) is 16.4 Å². The van der Waals surface area contributed by atoms with Crippen molar-refractivity contribution in [3.05, 3.63) is 77.7 Å². The maximum absolute atomic E-state index is 12.5. The summed E-state index contributed by atoms with van der Waals surface area (Å²) in [5, 5.41) is 14.2. The summed E-state index contributed by atoms with van der Waals surface area (Å²) in [6.07, 6.45) is 0. The van der Waals surface area contributed by atoms with Crippen molar-refractivity contribution in [3.8, 4) is 16.4 Å². The number of thiophene rings is 1. The first-order chi connectivity index (χ1) is 15.5. The molecule has 0 saturated heterocycles. The molecule has 0 radical (unpaired) electrons. The van der Waals surface area contributed by atoms with Crippen LogP contribution in [-0.4, -0.2) is 51.3 Å². The topological polar surface area (TPSA) is 80.1 Å². The fourth-order valence-electron chi connectivity index (χ4n) is 3.02. The van der Waals surface area contributed by atoms with E-state index < -0.39 is 0 Å². The number of anilines is 1. The first-order valence-electron chi connectivity index (χ1n) is 9.82. The van der Waals surface area contributed by atoms with Crippen molar-refractivity contribution in [3.63, 3.8) is 0 Å². The highest BCUT2D eigenvalue weighted by Gasteiger charge is 2.18. The van der Waals surface area contributed by atoms with E-state index in [-0.39, 0.29) is 17.6 Å². The quantitative estimate of drug-likeness (QED) is 0.410. The molecule has 0 aliphatic heterocycles. The van der Waals surface area contributed by atoms with Gasteiger partial charge >= 0.3 is 0 Å². The van der Waals surface area contributed by atoms with E-state index in [1.165, 1.54) is 16.7 Å². The molecule has 2 heterocycles. The minimum absolute atomic E-state index is 0.0831.